The number of hydrogen-bond acceptors (Lipinski definition) is 3. The highest BCUT2D eigenvalue weighted by atomic mass is 16.5. The van der Waals surface area contributed by atoms with Gasteiger partial charge < -0.3 is 9.47 Å². The van der Waals surface area contributed by atoms with E-state index in [1.165, 1.54) is 0 Å². The van der Waals surface area contributed by atoms with E-state index in [1.54, 1.807) is 0 Å². The van der Waals surface area contributed by atoms with E-state index in [0.29, 0.717) is 19.6 Å². The van der Waals surface area contributed by atoms with Crippen molar-refractivity contribution in [3.63, 3.8) is 0 Å². The lowest BCUT2D eigenvalue weighted by Gasteiger charge is -2.24. The number of fused-ring (bicyclic) bond motifs is 1. The van der Waals surface area contributed by atoms with E-state index in [0.717, 1.165) is 11.3 Å². The largest absolute Gasteiger partial charge is 0.493 e. The molecule has 0 unspecified atom stereocenters. The molecule has 1 aliphatic rings. The van der Waals surface area contributed by atoms with Crippen molar-refractivity contribution in [2.24, 2.45) is 0 Å². The summed E-state index contributed by atoms with van der Waals surface area (Å²) in [5, 5.41) is 0. The van der Waals surface area contributed by atoms with Gasteiger partial charge in [0.1, 0.15) is 5.75 Å². The van der Waals surface area contributed by atoms with E-state index >= 15 is 0 Å². The molecule has 0 amide bonds. The smallest absolute Gasteiger partial charge is 0.313 e. The maximum atomic E-state index is 11.7. The minimum absolute atomic E-state index is 0.145. The van der Waals surface area contributed by atoms with E-state index in [-0.39, 0.29) is 11.9 Å². The number of rotatable bonds is 2. The van der Waals surface area contributed by atoms with Crippen molar-refractivity contribution >= 4 is 5.97 Å². The second-order valence-corrected chi connectivity index (χ2v) is 3.48. The van der Waals surface area contributed by atoms with E-state index in [2.05, 4.69) is 0 Å². The predicted molar refractivity (Wildman–Crippen MR) is 55.9 cm³/mol. The zero-order chi connectivity index (χ0) is 10.7. The minimum Gasteiger partial charge on any atom is -0.493 e. The fourth-order valence-electron chi connectivity index (χ4n) is 1.83. The average Bonchev–Trinajstić information content (AvgIpc) is 2.28. The zero-order valence-corrected chi connectivity index (χ0v) is 8.73. The number of ether oxygens (including phenoxy) is 2. The Bertz CT molecular complexity index is 360. The van der Waals surface area contributed by atoms with Gasteiger partial charge in [0.15, 0.2) is 0 Å². The number of carbonyl (C=O) groups excluding carboxylic acids is 1. The molecule has 0 bridgehead atoms. The molecule has 2 rings (SSSR count). The molecule has 0 radical (unpaired) electrons. The number of hydrogen-bond donors (Lipinski definition) is 0. The summed E-state index contributed by atoms with van der Waals surface area (Å²) >= 11 is 0. The van der Waals surface area contributed by atoms with E-state index in [4.69, 9.17) is 9.47 Å². The Morgan fingerprint density at radius 1 is 1.53 bits per heavy atom. The van der Waals surface area contributed by atoms with Crippen molar-refractivity contribution in [1.82, 2.24) is 0 Å². The van der Waals surface area contributed by atoms with E-state index in [1.807, 2.05) is 31.2 Å². The lowest BCUT2D eigenvalue weighted by molar-refractivity contribution is -0.145. The standard InChI is InChI=1S/C12H14O3/c1-2-14-12(13)10-7-8-15-11-6-4-3-5-9(10)11/h3-6,10H,2,7-8H2,1H3/t10-/m1/s1. The molecule has 1 aromatic carbocycles. The first-order valence-electron chi connectivity index (χ1n) is 5.21. The van der Waals surface area contributed by atoms with Crippen LogP contribution in [0.15, 0.2) is 24.3 Å². The maximum Gasteiger partial charge on any atom is 0.313 e. The van der Waals surface area contributed by atoms with Crippen molar-refractivity contribution < 1.29 is 14.3 Å². The van der Waals surface area contributed by atoms with Gasteiger partial charge in [-0.1, -0.05) is 18.2 Å². The summed E-state index contributed by atoms with van der Waals surface area (Å²) < 4.78 is 10.5. The molecule has 1 heterocycles. The Labute approximate surface area is 89.0 Å². The van der Waals surface area contributed by atoms with Gasteiger partial charge in [-0.2, -0.15) is 0 Å². The molecule has 0 aliphatic carbocycles. The van der Waals surface area contributed by atoms with Gasteiger partial charge in [0, 0.05) is 5.56 Å². The second-order valence-electron chi connectivity index (χ2n) is 3.48. The summed E-state index contributed by atoms with van der Waals surface area (Å²) in [6, 6.07) is 7.64. The van der Waals surface area contributed by atoms with Gasteiger partial charge in [-0.15, -0.1) is 0 Å². The van der Waals surface area contributed by atoms with Crippen LogP contribution in [0.2, 0.25) is 0 Å². The van der Waals surface area contributed by atoms with Gasteiger partial charge in [0.25, 0.3) is 0 Å². The number of benzene rings is 1. The quantitative estimate of drug-likeness (QED) is 0.695. The summed E-state index contributed by atoms with van der Waals surface area (Å²) in [4.78, 5) is 11.7. The number of esters is 1. The zero-order valence-electron chi connectivity index (χ0n) is 8.73. The SMILES string of the molecule is CCOC(=O)[C@@H]1CCOc2ccccc21. The van der Waals surface area contributed by atoms with Crippen LogP contribution in [0.3, 0.4) is 0 Å². The maximum absolute atomic E-state index is 11.7. The van der Waals surface area contributed by atoms with Crippen LogP contribution < -0.4 is 4.74 Å². The van der Waals surface area contributed by atoms with Gasteiger partial charge in [-0.05, 0) is 19.4 Å². The molecule has 0 spiro atoms. The first kappa shape index (κ1) is 10.0. The fourth-order valence-corrected chi connectivity index (χ4v) is 1.83. The van der Waals surface area contributed by atoms with Gasteiger partial charge in [0.2, 0.25) is 0 Å². The summed E-state index contributed by atoms with van der Waals surface area (Å²) in [6.07, 6.45) is 0.704. The Kier molecular flexibility index (Phi) is 2.90. The van der Waals surface area contributed by atoms with Gasteiger partial charge >= 0.3 is 5.97 Å². The topological polar surface area (TPSA) is 35.5 Å². The average molecular weight is 206 g/mol. The van der Waals surface area contributed by atoms with Crippen LogP contribution in [0.1, 0.15) is 24.8 Å². The summed E-state index contributed by atoms with van der Waals surface area (Å²) in [7, 11) is 0. The molecule has 0 saturated carbocycles. The normalized spacial score (nSPS) is 18.9. The molecule has 3 heteroatoms. The van der Waals surface area contributed by atoms with Crippen LogP contribution in [0, 0.1) is 0 Å². The fraction of sp³-hybridized carbons (Fsp3) is 0.417. The summed E-state index contributed by atoms with van der Waals surface area (Å²) in [6.45, 7) is 2.84. The summed E-state index contributed by atoms with van der Waals surface area (Å²) in [5.74, 6) is 0.505. The Balaban J connectivity index is 2.25. The van der Waals surface area contributed by atoms with Gasteiger partial charge in [-0.25, -0.2) is 0 Å². The van der Waals surface area contributed by atoms with Crippen molar-refractivity contribution in [3.05, 3.63) is 29.8 Å². The van der Waals surface area contributed by atoms with Crippen molar-refractivity contribution in [1.29, 1.82) is 0 Å². The predicted octanol–water partition coefficient (Wildman–Crippen LogP) is 2.12. The van der Waals surface area contributed by atoms with E-state index < -0.39 is 0 Å². The van der Waals surface area contributed by atoms with Gasteiger partial charge in [-0.3, -0.25) is 4.79 Å². The second kappa shape index (κ2) is 4.34. The van der Waals surface area contributed by atoms with Crippen LogP contribution in [-0.2, 0) is 9.53 Å². The molecule has 0 saturated heterocycles. The lowest BCUT2D eigenvalue weighted by Crippen LogP contribution is -2.23. The van der Waals surface area contributed by atoms with Crippen molar-refractivity contribution in [2.45, 2.75) is 19.3 Å². The third-order valence-electron chi connectivity index (χ3n) is 2.53. The molecular formula is C12H14O3. The van der Waals surface area contributed by atoms with Crippen LogP contribution in [0.5, 0.6) is 5.75 Å². The van der Waals surface area contributed by atoms with Crippen molar-refractivity contribution in [3.8, 4) is 5.75 Å². The van der Waals surface area contributed by atoms with E-state index in [9.17, 15) is 4.79 Å². The highest BCUT2D eigenvalue weighted by Gasteiger charge is 2.28. The number of carbonyl (C=O) groups is 1. The Hall–Kier alpha value is -1.51. The van der Waals surface area contributed by atoms with Gasteiger partial charge in [0.05, 0.1) is 19.1 Å². The number of para-hydroxylation sites is 1. The van der Waals surface area contributed by atoms with Crippen LogP contribution in [0.4, 0.5) is 0 Å². The van der Waals surface area contributed by atoms with Crippen LogP contribution >= 0.6 is 0 Å². The highest BCUT2D eigenvalue weighted by molar-refractivity contribution is 5.79. The molecule has 0 N–H and O–H groups in total. The monoisotopic (exact) mass is 206 g/mol. The minimum atomic E-state index is -0.158. The molecule has 0 aromatic heterocycles. The molecule has 80 valence electrons. The molecule has 1 aromatic rings. The molecular weight excluding hydrogens is 192 g/mol. The molecule has 1 aliphatic heterocycles. The first-order valence-corrected chi connectivity index (χ1v) is 5.21. The molecule has 0 fully saturated rings. The lowest BCUT2D eigenvalue weighted by atomic mass is 9.93. The van der Waals surface area contributed by atoms with Crippen LogP contribution in [-0.4, -0.2) is 19.2 Å². The molecule has 3 nitrogen and oxygen atoms in total. The summed E-state index contributed by atoms with van der Waals surface area (Å²) in [5.41, 5.74) is 0.946. The Morgan fingerprint density at radius 2 is 2.33 bits per heavy atom. The molecule has 1 atom stereocenters. The van der Waals surface area contributed by atoms with Crippen LogP contribution in [0.25, 0.3) is 0 Å². The highest BCUT2D eigenvalue weighted by Crippen LogP contribution is 2.33. The Morgan fingerprint density at radius 3 is 3.13 bits per heavy atom. The van der Waals surface area contributed by atoms with Crippen molar-refractivity contribution in [2.75, 3.05) is 13.2 Å². The first-order chi connectivity index (χ1) is 7.33. The molecule has 15 heavy (non-hydrogen) atoms. The third-order valence-corrected chi connectivity index (χ3v) is 2.53. The third kappa shape index (κ3) is 1.96.